The molecule has 0 radical (unpaired) electrons. The largest absolute Gasteiger partial charge is 0.309 e. The van der Waals surface area contributed by atoms with Gasteiger partial charge in [0.2, 0.25) is 0 Å². The highest BCUT2D eigenvalue weighted by Gasteiger charge is 2.29. The zero-order valence-electron chi connectivity index (χ0n) is 12.8. The average molecular weight is 416 g/mol. The fourth-order valence-corrected chi connectivity index (χ4v) is 6.10. The summed E-state index contributed by atoms with van der Waals surface area (Å²) >= 11 is 5.18. The van der Waals surface area contributed by atoms with E-state index in [4.69, 9.17) is 0 Å². The Balaban J connectivity index is 1.64. The van der Waals surface area contributed by atoms with Crippen LogP contribution in [-0.2, 0) is 29.1 Å². The molecule has 1 aliphatic heterocycles. The van der Waals surface area contributed by atoms with Gasteiger partial charge in [-0.1, -0.05) is 45.9 Å². The molecule has 0 saturated carbocycles. The molecule has 5 nitrogen and oxygen atoms in total. The third kappa shape index (κ3) is 4.16. The molecule has 2 heterocycles. The van der Waals surface area contributed by atoms with Gasteiger partial charge >= 0.3 is 0 Å². The van der Waals surface area contributed by atoms with Crippen LogP contribution >= 0.6 is 27.7 Å². The summed E-state index contributed by atoms with van der Waals surface area (Å²) in [6.45, 7) is 0. The summed E-state index contributed by atoms with van der Waals surface area (Å²) in [5.74, 6) is 2.43. The van der Waals surface area contributed by atoms with Crippen LogP contribution in [0.25, 0.3) is 0 Å². The van der Waals surface area contributed by atoms with Gasteiger partial charge in [0, 0.05) is 23.7 Å². The zero-order chi connectivity index (χ0) is 16.4. The second-order valence-corrected chi connectivity index (χ2v) is 9.84. The Morgan fingerprint density at radius 2 is 2.13 bits per heavy atom. The van der Waals surface area contributed by atoms with E-state index in [-0.39, 0.29) is 11.7 Å². The highest BCUT2D eigenvalue weighted by Crippen LogP contribution is 2.27. The minimum Gasteiger partial charge on any atom is -0.309 e. The van der Waals surface area contributed by atoms with Gasteiger partial charge in [0.05, 0.1) is 11.5 Å². The van der Waals surface area contributed by atoms with Crippen LogP contribution in [-0.4, -0.2) is 34.7 Å². The lowest BCUT2D eigenvalue weighted by atomic mass is 10.1. The van der Waals surface area contributed by atoms with Crippen LogP contribution in [0.1, 0.15) is 17.8 Å². The normalized spacial score (nSPS) is 20.0. The molecule has 0 bridgehead atoms. The summed E-state index contributed by atoms with van der Waals surface area (Å²) in [6.07, 6.45) is 1.41. The number of hydrogen-bond acceptors (Lipinski definition) is 5. The van der Waals surface area contributed by atoms with Crippen LogP contribution in [0.4, 0.5) is 0 Å². The molecule has 0 unspecified atom stereocenters. The summed E-state index contributed by atoms with van der Waals surface area (Å²) in [4.78, 5) is 0. The minimum absolute atomic E-state index is 0.170. The van der Waals surface area contributed by atoms with Gasteiger partial charge in [-0.2, -0.15) is 0 Å². The van der Waals surface area contributed by atoms with Crippen LogP contribution in [0.3, 0.4) is 0 Å². The molecular formula is C15H18BrN3O2S2. The summed E-state index contributed by atoms with van der Waals surface area (Å²) in [7, 11) is -0.895. The Labute approximate surface area is 148 Å². The monoisotopic (exact) mass is 415 g/mol. The van der Waals surface area contributed by atoms with E-state index in [1.807, 2.05) is 29.8 Å². The third-order valence-corrected chi connectivity index (χ3v) is 7.72. The van der Waals surface area contributed by atoms with Gasteiger partial charge in [-0.3, -0.25) is 0 Å². The number of hydrogen-bond donors (Lipinski definition) is 0. The number of halogens is 1. The number of rotatable bonds is 5. The van der Waals surface area contributed by atoms with Crippen LogP contribution in [0.5, 0.6) is 0 Å². The molecule has 0 spiro atoms. The Kier molecular flexibility index (Phi) is 5.13. The van der Waals surface area contributed by atoms with E-state index in [0.29, 0.717) is 12.2 Å². The molecule has 1 saturated heterocycles. The van der Waals surface area contributed by atoms with Crippen molar-refractivity contribution in [3.63, 3.8) is 0 Å². The number of aromatic nitrogens is 3. The lowest BCUT2D eigenvalue weighted by Crippen LogP contribution is -2.11. The lowest BCUT2D eigenvalue weighted by Gasteiger charge is -2.08. The number of nitrogens with zero attached hydrogens (tertiary/aromatic N) is 3. The van der Waals surface area contributed by atoms with E-state index >= 15 is 0 Å². The summed E-state index contributed by atoms with van der Waals surface area (Å²) < 4.78 is 26.2. The van der Waals surface area contributed by atoms with Gasteiger partial charge in [0.15, 0.2) is 15.0 Å². The Morgan fingerprint density at radius 1 is 1.35 bits per heavy atom. The summed E-state index contributed by atoms with van der Waals surface area (Å²) in [6, 6.07) is 8.12. The molecule has 0 amide bonds. The molecule has 1 aromatic heterocycles. The molecule has 8 heteroatoms. The summed E-state index contributed by atoms with van der Waals surface area (Å²) in [5.41, 5.74) is 1.21. The predicted octanol–water partition coefficient (Wildman–Crippen LogP) is 2.85. The topological polar surface area (TPSA) is 64.8 Å². The third-order valence-electron chi connectivity index (χ3n) is 4.04. The first-order valence-electron chi connectivity index (χ1n) is 7.39. The molecular weight excluding hydrogens is 398 g/mol. The smallest absolute Gasteiger partial charge is 0.191 e. The van der Waals surface area contributed by atoms with Crippen molar-refractivity contribution in [2.75, 3.05) is 11.5 Å². The molecule has 0 aliphatic carbocycles. The van der Waals surface area contributed by atoms with E-state index in [0.717, 1.165) is 27.6 Å². The molecule has 1 aliphatic rings. The van der Waals surface area contributed by atoms with Crippen molar-refractivity contribution in [3.05, 3.63) is 40.1 Å². The molecule has 0 N–H and O–H groups in total. The fraction of sp³-hybridized carbons (Fsp3) is 0.467. The molecule has 3 rings (SSSR count). The first-order chi connectivity index (χ1) is 10.9. The van der Waals surface area contributed by atoms with E-state index in [2.05, 4.69) is 32.2 Å². The number of thioether (sulfide) groups is 1. The fourth-order valence-electron chi connectivity index (χ4n) is 2.70. The quantitative estimate of drug-likeness (QED) is 0.702. The average Bonchev–Trinajstić information content (AvgIpc) is 3.02. The van der Waals surface area contributed by atoms with E-state index in [1.54, 1.807) is 11.8 Å². The van der Waals surface area contributed by atoms with Crippen molar-refractivity contribution in [2.24, 2.45) is 13.0 Å². The van der Waals surface area contributed by atoms with E-state index in [1.165, 1.54) is 5.56 Å². The van der Waals surface area contributed by atoms with Crippen molar-refractivity contribution < 1.29 is 8.42 Å². The van der Waals surface area contributed by atoms with E-state index < -0.39 is 9.84 Å². The molecule has 2 aromatic rings. The van der Waals surface area contributed by atoms with Crippen molar-refractivity contribution >= 4 is 37.5 Å². The van der Waals surface area contributed by atoms with Crippen LogP contribution in [0.2, 0.25) is 0 Å². The maximum absolute atomic E-state index is 11.6. The van der Waals surface area contributed by atoms with Crippen molar-refractivity contribution in [1.29, 1.82) is 0 Å². The van der Waals surface area contributed by atoms with Crippen molar-refractivity contribution in [2.45, 2.75) is 23.8 Å². The highest BCUT2D eigenvalue weighted by molar-refractivity contribution is 9.10. The maximum Gasteiger partial charge on any atom is 0.191 e. The molecule has 23 heavy (non-hydrogen) atoms. The number of benzene rings is 1. The predicted molar refractivity (Wildman–Crippen MR) is 95.2 cm³/mol. The second kappa shape index (κ2) is 6.94. The summed E-state index contributed by atoms with van der Waals surface area (Å²) in [5, 5.41) is 9.36. The SMILES string of the molecule is Cn1c(C[C@H]2CCS(=O)(=O)C2)nnc1SCc1ccccc1Br. The molecule has 1 fully saturated rings. The molecule has 1 aromatic carbocycles. The van der Waals surface area contributed by atoms with Gasteiger partial charge in [0.1, 0.15) is 5.82 Å². The van der Waals surface area contributed by atoms with Crippen molar-refractivity contribution in [1.82, 2.24) is 14.8 Å². The molecule has 124 valence electrons. The first-order valence-corrected chi connectivity index (χ1v) is 11.0. The van der Waals surface area contributed by atoms with Crippen LogP contribution in [0.15, 0.2) is 33.9 Å². The van der Waals surface area contributed by atoms with Gasteiger partial charge in [-0.15, -0.1) is 10.2 Å². The van der Waals surface area contributed by atoms with Gasteiger partial charge in [0.25, 0.3) is 0 Å². The standard InChI is InChI=1S/C15H18BrN3O2S2/c1-19-14(8-11-6-7-23(20,21)10-11)17-18-15(19)22-9-12-4-2-3-5-13(12)16/h2-5,11H,6-10H2,1H3/t11-/m1/s1. The maximum atomic E-state index is 11.6. The van der Waals surface area contributed by atoms with Gasteiger partial charge in [-0.25, -0.2) is 8.42 Å². The first kappa shape index (κ1) is 17.0. The minimum atomic E-state index is -2.84. The van der Waals surface area contributed by atoms with Crippen molar-refractivity contribution in [3.8, 4) is 0 Å². The lowest BCUT2D eigenvalue weighted by molar-refractivity contribution is 0.552. The van der Waals surface area contributed by atoms with Gasteiger partial charge in [-0.05, 0) is 24.0 Å². The zero-order valence-corrected chi connectivity index (χ0v) is 16.0. The Hall–Kier alpha value is -0.860. The van der Waals surface area contributed by atoms with E-state index in [9.17, 15) is 8.42 Å². The highest BCUT2D eigenvalue weighted by atomic mass is 79.9. The second-order valence-electron chi connectivity index (χ2n) is 5.81. The Bertz CT molecular complexity index is 805. The van der Waals surface area contributed by atoms with Crippen LogP contribution < -0.4 is 0 Å². The van der Waals surface area contributed by atoms with Gasteiger partial charge < -0.3 is 4.57 Å². The number of sulfone groups is 1. The molecule has 1 atom stereocenters. The Morgan fingerprint density at radius 3 is 2.83 bits per heavy atom. The van der Waals surface area contributed by atoms with Crippen LogP contribution in [0, 0.1) is 5.92 Å².